The van der Waals surface area contributed by atoms with E-state index in [1.165, 1.54) is 25.7 Å². The third-order valence-electron chi connectivity index (χ3n) is 1.74. The number of nitrogens with two attached hydrogens (primary N) is 1. The highest BCUT2D eigenvalue weighted by Crippen LogP contribution is 2.33. The molecule has 0 saturated heterocycles. The van der Waals surface area contributed by atoms with E-state index in [9.17, 15) is 0 Å². The van der Waals surface area contributed by atoms with Crippen LogP contribution in [0.5, 0.6) is 0 Å². The smallest absolute Gasteiger partial charge is 0.0106 e. The van der Waals surface area contributed by atoms with Gasteiger partial charge in [-0.05, 0) is 18.8 Å². The number of hydrogen-bond acceptors (Lipinski definition) is 1. The second-order valence-electron chi connectivity index (χ2n) is 2.73. The predicted octanol–water partition coefficient (Wildman–Crippen LogP) is 1.69. The highest BCUT2D eigenvalue weighted by atomic mass is 14.5. The normalized spacial score (nSPS) is 19.2. The van der Waals surface area contributed by atoms with Crippen LogP contribution in [0.15, 0.2) is 12.2 Å². The van der Waals surface area contributed by atoms with Crippen molar-refractivity contribution in [1.82, 2.24) is 0 Å². The van der Waals surface area contributed by atoms with Gasteiger partial charge in [0.05, 0.1) is 0 Å². The van der Waals surface area contributed by atoms with Crippen LogP contribution < -0.4 is 5.73 Å². The zero-order valence-corrected chi connectivity index (χ0v) is 5.84. The van der Waals surface area contributed by atoms with Crippen LogP contribution in [-0.2, 0) is 0 Å². The van der Waals surface area contributed by atoms with Crippen molar-refractivity contribution in [3.63, 3.8) is 0 Å². The zero-order chi connectivity index (χ0) is 6.53. The number of rotatable bonds is 4. The standard InChI is InChI=1S/C8H15N/c9-7-3-1-2-4-8-5-6-8/h1,3,8H,2,4-7,9H2/b3-1-. The minimum Gasteiger partial charge on any atom is -0.327 e. The van der Waals surface area contributed by atoms with Gasteiger partial charge in [0.1, 0.15) is 0 Å². The van der Waals surface area contributed by atoms with E-state index in [2.05, 4.69) is 6.08 Å². The van der Waals surface area contributed by atoms with Gasteiger partial charge >= 0.3 is 0 Å². The fourth-order valence-electron chi connectivity index (χ4n) is 0.953. The van der Waals surface area contributed by atoms with Gasteiger partial charge in [0.25, 0.3) is 0 Å². The topological polar surface area (TPSA) is 26.0 Å². The first kappa shape index (κ1) is 6.81. The maximum absolute atomic E-state index is 5.27. The molecule has 1 nitrogen and oxygen atoms in total. The first-order valence-electron chi connectivity index (χ1n) is 3.78. The summed E-state index contributed by atoms with van der Waals surface area (Å²) in [7, 11) is 0. The van der Waals surface area contributed by atoms with Crippen LogP contribution in [0, 0.1) is 5.92 Å². The van der Waals surface area contributed by atoms with E-state index >= 15 is 0 Å². The molecular formula is C8H15N. The predicted molar refractivity (Wildman–Crippen MR) is 40.2 cm³/mol. The van der Waals surface area contributed by atoms with Crippen molar-refractivity contribution in [1.29, 1.82) is 0 Å². The van der Waals surface area contributed by atoms with E-state index in [0.717, 1.165) is 5.92 Å². The summed E-state index contributed by atoms with van der Waals surface area (Å²) in [6.07, 6.45) is 9.80. The quantitative estimate of drug-likeness (QED) is 0.568. The Labute approximate surface area is 56.9 Å². The molecule has 0 aliphatic heterocycles. The fourth-order valence-corrected chi connectivity index (χ4v) is 0.953. The lowest BCUT2D eigenvalue weighted by Crippen LogP contribution is -1.91. The van der Waals surface area contributed by atoms with E-state index in [4.69, 9.17) is 5.73 Å². The molecular weight excluding hydrogens is 110 g/mol. The van der Waals surface area contributed by atoms with Gasteiger partial charge in [0, 0.05) is 6.54 Å². The summed E-state index contributed by atoms with van der Waals surface area (Å²) in [5.74, 6) is 1.06. The molecule has 0 heterocycles. The summed E-state index contributed by atoms with van der Waals surface area (Å²) in [5.41, 5.74) is 5.27. The van der Waals surface area contributed by atoms with E-state index in [-0.39, 0.29) is 0 Å². The van der Waals surface area contributed by atoms with Crippen LogP contribution in [0.4, 0.5) is 0 Å². The summed E-state index contributed by atoms with van der Waals surface area (Å²) < 4.78 is 0. The lowest BCUT2D eigenvalue weighted by atomic mass is 10.2. The zero-order valence-electron chi connectivity index (χ0n) is 5.84. The van der Waals surface area contributed by atoms with E-state index in [1.54, 1.807) is 0 Å². The van der Waals surface area contributed by atoms with Crippen LogP contribution in [0.3, 0.4) is 0 Å². The van der Waals surface area contributed by atoms with Crippen molar-refractivity contribution in [2.45, 2.75) is 25.7 Å². The maximum atomic E-state index is 5.27. The summed E-state index contributed by atoms with van der Waals surface area (Å²) in [6, 6.07) is 0. The largest absolute Gasteiger partial charge is 0.327 e. The molecule has 52 valence electrons. The average Bonchev–Trinajstić information content (AvgIpc) is 2.63. The lowest BCUT2D eigenvalue weighted by molar-refractivity contribution is 0.741. The molecule has 1 saturated carbocycles. The molecule has 0 unspecified atom stereocenters. The van der Waals surface area contributed by atoms with E-state index in [1.807, 2.05) is 6.08 Å². The monoisotopic (exact) mass is 125 g/mol. The van der Waals surface area contributed by atoms with Crippen LogP contribution in [0.25, 0.3) is 0 Å². The molecule has 0 atom stereocenters. The van der Waals surface area contributed by atoms with Gasteiger partial charge in [0.2, 0.25) is 0 Å². The van der Waals surface area contributed by atoms with Gasteiger partial charge in [-0.15, -0.1) is 0 Å². The Kier molecular flexibility index (Phi) is 2.78. The minimum absolute atomic E-state index is 0.699. The fraction of sp³-hybridized carbons (Fsp3) is 0.750. The van der Waals surface area contributed by atoms with Gasteiger partial charge in [-0.2, -0.15) is 0 Å². The first-order chi connectivity index (χ1) is 4.43. The average molecular weight is 125 g/mol. The van der Waals surface area contributed by atoms with Crippen molar-refractivity contribution in [2.75, 3.05) is 6.54 Å². The molecule has 1 aliphatic carbocycles. The van der Waals surface area contributed by atoms with Gasteiger partial charge in [-0.25, -0.2) is 0 Å². The van der Waals surface area contributed by atoms with Crippen molar-refractivity contribution in [3.05, 3.63) is 12.2 Å². The third-order valence-corrected chi connectivity index (χ3v) is 1.74. The van der Waals surface area contributed by atoms with Crippen molar-refractivity contribution < 1.29 is 0 Å². The van der Waals surface area contributed by atoms with Gasteiger partial charge < -0.3 is 5.73 Å². The second-order valence-corrected chi connectivity index (χ2v) is 2.73. The third kappa shape index (κ3) is 3.31. The number of hydrogen-bond donors (Lipinski definition) is 1. The molecule has 1 fully saturated rings. The molecule has 1 rings (SSSR count). The van der Waals surface area contributed by atoms with Gasteiger partial charge in [-0.3, -0.25) is 0 Å². The molecule has 2 N–H and O–H groups in total. The highest BCUT2D eigenvalue weighted by Gasteiger charge is 2.19. The second kappa shape index (κ2) is 3.67. The minimum atomic E-state index is 0.699. The Balaban J connectivity index is 1.85. The van der Waals surface area contributed by atoms with Crippen LogP contribution >= 0.6 is 0 Å². The van der Waals surface area contributed by atoms with Crippen molar-refractivity contribution in [2.24, 2.45) is 11.7 Å². The molecule has 0 spiro atoms. The van der Waals surface area contributed by atoms with E-state index in [0.29, 0.717) is 6.54 Å². The SMILES string of the molecule is NC/C=C\CCC1CC1. The lowest BCUT2D eigenvalue weighted by Gasteiger charge is -1.87. The van der Waals surface area contributed by atoms with E-state index < -0.39 is 0 Å². The molecule has 9 heavy (non-hydrogen) atoms. The summed E-state index contributed by atoms with van der Waals surface area (Å²) in [4.78, 5) is 0. The Bertz CT molecular complexity index is 92.7. The number of allylic oxidation sites excluding steroid dienone is 1. The Morgan fingerprint density at radius 3 is 2.67 bits per heavy atom. The Morgan fingerprint density at radius 1 is 1.33 bits per heavy atom. The maximum Gasteiger partial charge on any atom is 0.0106 e. The summed E-state index contributed by atoms with van der Waals surface area (Å²) in [6.45, 7) is 0.699. The molecule has 1 heteroatoms. The molecule has 1 aliphatic rings. The van der Waals surface area contributed by atoms with Crippen LogP contribution in [0.2, 0.25) is 0 Å². The molecule has 0 amide bonds. The highest BCUT2D eigenvalue weighted by molar-refractivity contribution is 4.85. The Morgan fingerprint density at radius 2 is 2.11 bits per heavy atom. The van der Waals surface area contributed by atoms with Crippen LogP contribution in [-0.4, -0.2) is 6.54 Å². The summed E-state index contributed by atoms with van der Waals surface area (Å²) >= 11 is 0. The Hall–Kier alpha value is -0.300. The van der Waals surface area contributed by atoms with Gasteiger partial charge in [-0.1, -0.05) is 25.0 Å². The molecule has 0 aromatic rings. The molecule has 0 bridgehead atoms. The van der Waals surface area contributed by atoms with Crippen LogP contribution in [0.1, 0.15) is 25.7 Å². The van der Waals surface area contributed by atoms with Crippen molar-refractivity contribution >= 4 is 0 Å². The molecule has 0 aromatic heterocycles. The summed E-state index contributed by atoms with van der Waals surface area (Å²) in [5, 5.41) is 0. The molecule has 0 radical (unpaired) electrons. The first-order valence-corrected chi connectivity index (χ1v) is 3.78. The van der Waals surface area contributed by atoms with Gasteiger partial charge in [0.15, 0.2) is 0 Å². The van der Waals surface area contributed by atoms with Crippen molar-refractivity contribution in [3.8, 4) is 0 Å². The molecule has 0 aromatic carbocycles.